The Balaban J connectivity index is 3.43. The average molecular weight is 230 g/mol. The molecule has 0 aliphatic heterocycles. The highest BCUT2D eigenvalue weighted by Gasteiger charge is 2.07. The predicted molar refractivity (Wildman–Crippen MR) is 49.5 cm³/mol. The number of hydrogen-bond acceptors (Lipinski definition) is 2. The van der Waals surface area contributed by atoms with Gasteiger partial charge in [-0.2, -0.15) is 0 Å². The monoisotopic (exact) mass is 229 g/mol. The Kier molecular flexibility index (Phi) is 2.47. The SMILES string of the molecule is CC(=O)c1cc(Br)c(C)[nH]c1=O. The van der Waals surface area contributed by atoms with Crippen molar-refractivity contribution in [3.63, 3.8) is 0 Å². The number of hydrogen-bond donors (Lipinski definition) is 1. The number of aromatic nitrogens is 1. The molecule has 1 N–H and O–H groups in total. The fourth-order valence-electron chi connectivity index (χ4n) is 0.859. The van der Waals surface area contributed by atoms with Crippen molar-refractivity contribution in [3.8, 4) is 0 Å². The normalized spacial score (nSPS) is 9.92. The molecule has 0 amide bonds. The standard InChI is InChI=1S/C8H8BrNO2/c1-4-7(9)3-6(5(2)11)8(12)10-4/h3H,1-2H3,(H,10,12). The number of H-pyrrole nitrogens is 1. The van der Waals surface area contributed by atoms with E-state index in [9.17, 15) is 9.59 Å². The summed E-state index contributed by atoms with van der Waals surface area (Å²) >= 11 is 3.23. The van der Waals surface area contributed by atoms with Crippen LogP contribution in [-0.4, -0.2) is 10.8 Å². The number of rotatable bonds is 1. The first-order valence-electron chi connectivity index (χ1n) is 3.42. The van der Waals surface area contributed by atoms with Crippen molar-refractivity contribution in [3.05, 3.63) is 32.2 Å². The van der Waals surface area contributed by atoms with Crippen molar-refractivity contribution in [1.29, 1.82) is 0 Å². The minimum atomic E-state index is -0.330. The number of pyridine rings is 1. The van der Waals surface area contributed by atoms with Crippen LogP contribution in [0.15, 0.2) is 15.3 Å². The highest BCUT2D eigenvalue weighted by molar-refractivity contribution is 9.10. The molecule has 0 aromatic carbocycles. The van der Waals surface area contributed by atoms with Crippen molar-refractivity contribution < 1.29 is 4.79 Å². The zero-order valence-corrected chi connectivity index (χ0v) is 8.36. The van der Waals surface area contributed by atoms with Gasteiger partial charge < -0.3 is 4.98 Å². The lowest BCUT2D eigenvalue weighted by Gasteiger charge is -1.99. The van der Waals surface area contributed by atoms with E-state index in [-0.39, 0.29) is 16.9 Å². The smallest absolute Gasteiger partial charge is 0.259 e. The summed E-state index contributed by atoms with van der Waals surface area (Å²) in [6.07, 6.45) is 0. The Morgan fingerprint density at radius 2 is 2.17 bits per heavy atom. The van der Waals surface area contributed by atoms with Crippen LogP contribution in [0.1, 0.15) is 23.0 Å². The maximum absolute atomic E-state index is 11.1. The van der Waals surface area contributed by atoms with Gasteiger partial charge in [-0.3, -0.25) is 9.59 Å². The van der Waals surface area contributed by atoms with E-state index in [0.717, 1.165) is 10.2 Å². The van der Waals surface area contributed by atoms with Gasteiger partial charge in [0, 0.05) is 10.2 Å². The summed E-state index contributed by atoms with van der Waals surface area (Å²) in [5.41, 5.74) is 0.584. The number of aryl methyl sites for hydroxylation is 1. The molecule has 0 bridgehead atoms. The van der Waals surface area contributed by atoms with Crippen molar-refractivity contribution in [2.45, 2.75) is 13.8 Å². The van der Waals surface area contributed by atoms with E-state index in [2.05, 4.69) is 20.9 Å². The number of ketones is 1. The first kappa shape index (κ1) is 9.19. The summed E-state index contributed by atoms with van der Waals surface area (Å²) in [5.74, 6) is -0.225. The third kappa shape index (κ3) is 1.64. The number of aromatic amines is 1. The van der Waals surface area contributed by atoms with Gasteiger partial charge in [0.05, 0.1) is 5.56 Å². The largest absolute Gasteiger partial charge is 0.325 e. The summed E-state index contributed by atoms with van der Waals surface area (Å²) in [4.78, 5) is 24.6. The van der Waals surface area contributed by atoms with Crippen molar-refractivity contribution in [2.75, 3.05) is 0 Å². The van der Waals surface area contributed by atoms with Crippen LogP contribution in [0.25, 0.3) is 0 Å². The van der Waals surface area contributed by atoms with Crippen LogP contribution in [0.4, 0.5) is 0 Å². The van der Waals surface area contributed by atoms with Gasteiger partial charge in [0.2, 0.25) is 0 Å². The quantitative estimate of drug-likeness (QED) is 0.745. The van der Waals surface area contributed by atoms with Gasteiger partial charge >= 0.3 is 0 Å². The molecule has 0 radical (unpaired) electrons. The van der Waals surface area contributed by atoms with Gasteiger partial charge in [0.15, 0.2) is 5.78 Å². The number of nitrogens with one attached hydrogen (secondary N) is 1. The zero-order valence-electron chi connectivity index (χ0n) is 6.77. The first-order valence-corrected chi connectivity index (χ1v) is 4.22. The molecule has 0 unspecified atom stereocenters. The fourth-order valence-corrected chi connectivity index (χ4v) is 1.19. The number of halogens is 1. The van der Waals surface area contributed by atoms with Gasteiger partial charge in [-0.1, -0.05) is 0 Å². The summed E-state index contributed by atoms with van der Waals surface area (Å²) in [6, 6.07) is 1.54. The molecule has 1 aromatic rings. The molecule has 1 rings (SSSR count). The zero-order chi connectivity index (χ0) is 9.30. The van der Waals surface area contributed by atoms with Crippen molar-refractivity contribution in [1.82, 2.24) is 4.98 Å². The number of carbonyl (C=O) groups excluding carboxylic acids is 1. The van der Waals surface area contributed by atoms with Crippen LogP contribution in [0, 0.1) is 6.92 Å². The molecule has 0 atom stereocenters. The summed E-state index contributed by atoms with van der Waals surface area (Å²) in [6.45, 7) is 3.13. The Labute approximate surface area is 77.9 Å². The van der Waals surface area contributed by atoms with Gasteiger partial charge in [-0.05, 0) is 35.8 Å². The van der Waals surface area contributed by atoms with Crippen LogP contribution in [-0.2, 0) is 0 Å². The van der Waals surface area contributed by atoms with Gasteiger partial charge in [0.1, 0.15) is 0 Å². The molecule has 0 aliphatic carbocycles. The van der Waals surface area contributed by atoms with E-state index >= 15 is 0 Å². The summed E-state index contributed by atoms with van der Waals surface area (Å²) in [5, 5.41) is 0. The van der Waals surface area contributed by atoms with E-state index in [1.807, 2.05) is 0 Å². The Bertz CT molecular complexity index is 381. The lowest BCUT2D eigenvalue weighted by atomic mass is 10.2. The second kappa shape index (κ2) is 3.23. The minimum absolute atomic E-state index is 0.187. The van der Waals surface area contributed by atoms with E-state index in [0.29, 0.717) is 0 Å². The summed E-state index contributed by atoms with van der Waals surface area (Å²) in [7, 11) is 0. The fraction of sp³-hybridized carbons (Fsp3) is 0.250. The second-order valence-electron chi connectivity index (χ2n) is 2.54. The second-order valence-corrected chi connectivity index (χ2v) is 3.40. The molecule has 0 spiro atoms. The Morgan fingerprint density at radius 1 is 1.58 bits per heavy atom. The summed E-state index contributed by atoms with van der Waals surface area (Å²) < 4.78 is 0.743. The molecule has 1 aromatic heterocycles. The molecule has 64 valence electrons. The van der Waals surface area contributed by atoms with Crippen LogP contribution in [0.5, 0.6) is 0 Å². The minimum Gasteiger partial charge on any atom is -0.325 e. The Morgan fingerprint density at radius 3 is 2.67 bits per heavy atom. The number of Topliss-reactive ketones (excluding diaryl/α,β-unsaturated/α-hetero) is 1. The Hall–Kier alpha value is -0.900. The van der Waals surface area contributed by atoms with Gasteiger partial charge in [-0.25, -0.2) is 0 Å². The van der Waals surface area contributed by atoms with Crippen LogP contribution < -0.4 is 5.56 Å². The van der Waals surface area contributed by atoms with E-state index in [1.54, 1.807) is 6.92 Å². The lowest BCUT2D eigenvalue weighted by molar-refractivity contribution is 0.101. The molecule has 12 heavy (non-hydrogen) atoms. The topological polar surface area (TPSA) is 49.9 Å². The van der Waals surface area contributed by atoms with Crippen LogP contribution in [0.3, 0.4) is 0 Å². The van der Waals surface area contributed by atoms with Gasteiger partial charge in [-0.15, -0.1) is 0 Å². The third-order valence-electron chi connectivity index (χ3n) is 1.55. The molecule has 0 saturated carbocycles. The first-order chi connectivity index (χ1) is 5.52. The van der Waals surface area contributed by atoms with Crippen LogP contribution in [0.2, 0.25) is 0 Å². The van der Waals surface area contributed by atoms with Crippen molar-refractivity contribution >= 4 is 21.7 Å². The third-order valence-corrected chi connectivity index (χ3v) is 2.38. The highest BCUT2D eigenvalue weighted by atomic mass is 79.9. The molecule has 0 fully saturated rings. The molecule has 0 aliphatic rings. The number of carbonyl (C=O) groups is 1. The molecule has 4 heteroatoms. The lowest BCUT2D eigenvalue weighted by Crippen LogP contribution is -2.16. The predicted octanol–water partition coefficient (Wildman–Crippen LogP) is 1.65. The molecular formula is C8H8BrNO2. The van der Waals surface area contributed by atoms with Crippen LogP contribution >= 0.6 is 15.9 Å². The highest BCUT2D eigenvalue weighted by Crippen LogP contribution is 2.12. The molecule has 0 saturated heterocycles. The van der Waals surface area contributed by atoms with Crippen molar-refractivity contribution in [2.24, 2.45) is 0 Å². The van der Waals surface area contributed by atoms with Gasteiger partial charge in [0.25, 0.3) is 5.56 Å². The maximum atomic E-state index is 11.1. The molecule has 3 nitrogen and oxygen atoms in total. The van der Waals surface area contributed by atoms with E-state index in [1.165, 1.54) is 13.0 Å². The molecular weight excluding hydrogens is 222 g/mol. The average Bonchev–Trinajstić information content (AvgIpc) is 1.96. The molecule has 1 heterocycles. The maximum Gasteiger partial charge on any atom is 0.259 e. The van der Waals surface area contributed by atoms with E-state index < -0.39 is 0 Å². The van der Waals surface area contributed by atoms with E-state index in [4.69, 9.17) is 0 Å².